The van der Waals surface area contributed by atoms with Gasteiger partial charge in [-0.15, -0.1) is 0 Å². The number of nitrogens with one attached hydrogen (secondary N) is 1. The van der Waals surface area contributed by atoms with Crippen LogP contribution < -0.4 is 5.32 Å². The van der Waals surface area contributed by atoms with Gasteiger partial charge in [0.05, 0.1) is 0 Å². The van der Waals surface area contributed by atoms with Crippen LogP contribution in [0, 0.1) is 12.3 Å². The normalized spacial score (nSPS) is 18.2. The fraction of sp³-hybridized carbons (Fsp3) is 0.588. The molecule has 0 unspecified atom stereocenters. The van der Waals surface area contributed by atoms with Crippen molar-refractivity contribution in [2.24, 2.45) is 5.41 Å². The highest BCUT2D eigenvalue weighted by Crippen LogP contribution is 2.36. The third-order valence-electron chi connectivity index (χ3n) is 4.33. The van der Waals surface area contributed by atoms with E-state index in [4.69, 9.17) is 0 Å². The zero-order chi connectivity index (χ0) is 13.7. The molecular formula is C17H25NO. The van der Waals surface area contributed by atoms with Crippen LogP contribution in [-0.2, 0) is 11.2 Å². The maximum atomic E-state index is 12.8. The summed E-state index contributed by atoms with van der Waals surface area (Å²) in [6.07, 6.45) is 4.75. The highest BCUT2D eigenvalue weighted by molar-refractivity contribution is 5.87. The molecule has 1 heterocycles. The SMILES string of the molecule is CCCC1(C(=O)Cc2cccc(C)c2)CCNCC1. The van der Waals surface area contributed by atoms with E-state index in [9.17, 15) is 4.79 Å². The van der Waals surface area contributed by atoms with Crippen molar-refractivity contribution in [1.82, 2.24) is 5.32 Å². The van der Waals surface area contributed by atoms with Crippen molar-refractivity contribution in [3.05, 3.63) is 35.4 Å². The number of Topliss-reactive ketones (excluding diaryl/α,β-unsaturated/α-hetero) is 1. The highest BCUT2D eigenvalue weighted by Gasteiger charge is 2.37. The van der Waals surface area contributed by atoms with E-state index in [0.717, 1.165) is 38.8 Å². The molecule has 1 fully saturated rings. The molecule has 104 valence electrons. The second kappa shape index (κ2) is 6.33. The van der Waals surface area contributed by atoms with E-state index in [1.165, 1.54) is 11.1 Å². The molecule has 1 aliphatic rings. The summed E-state index contributed by atoms with van der Waals surface area (Å²) in [7, 11) is 0. The summed E-state index contributed by atoms with van der Waals surface area (Å²) < 4.78 is 0. The zero-order valence-electron chi connectivity index (χ0n) is 12.2. The van der Waals surface area contributed by atoms with Gasteiger partial charge in [-0.25, -0.2) is 0 Å². The van der Waals surface area contributed by atoms with Crippen molar-refractivity contribution >= 4 is 5.78 Å². The monoisotopic (exact) mass is 259 g/mol. The van der Waals surface area contributed by atoms with Gasteiger partial charge in [0.2, 0.25) is 0 Å². The molecule has 0 spiro atoms. The van der Waals surface area contributed by atoms with Crippen LogP contribution in [0.1, 0.15) is 43.7 Å². The molecule has 0 atom stereocenters. The summed E-state index contributed by atoms with van der Waals surface area (Å²) in [5, 5.41) is 3.37. The van der Waals surface area contributed by atoms with Gasteiger partial charge in [-0.1, -0.05) is 43.2 Å². The summed E-state index contributed by atoms with van der Waals surface area (Å²) in [6.45, 7) is 6.24. The van der Waals surface area contributed by atoms with E-state index in [0.29, 0.717) is 12.2 Å². The lowest BCUT2D eigenvalue weighted by atomic mass is 9.70. The van der Waals surface area contributed by atoms with E-state index in [2.05, 4.69) is 37.4 Å². The number of hydrogen-bond acceptors (Lipinski definition) is 2. The Morgan fingerprint density at radius 1 is 1.32 bits per heavy atom. The molecule has 1 aromatic carbocycles. The summed E-state index contributed by atoms with van der Waals surface area (Å²) in [4.78, 5) is 12.8. The van der Waals surface area contributed by atoms with E-state index in [1.54, 1.807) is 0 Å². The summed E-state index contributed by atoms with van der Waals surface area (Å²) >= 11 is 0. The van der Waals surface area contributed by atoms with Crippen LogP contribution in [0.4, 0.5) is 0 Å². The molecule has 1 aromatic rings. The molecule has 2 rings (SSSR count). The maximum Gasteiger partial charge on any atom is 0.143 e. The van der Waals surface area contributed by atoms with E-state index in [-0.39, 0.29) is 5.41 Å². The first-order chi connectivity index (χ1) is 9.16. The number of piperidine rings is 1. The Hall–Kier alpha value is -1.15. The van der Waals surface area contributed by atoms with Gasteiger partial charge in [0.1, 0.15) is 5.78 Å². The lowest BCUT2D eigenvalue weighted by molar-refractivity contribution is -0.130. The second-order valence-corrected chi connectivity index (χ2v) is 5.87. The Bertz CT molecular complexity index is 427. The first kappa shape index (κ1) is 14.3. The maximum absolute atomic E-state index is 12.8. The average Bonchev–Trinajstić information content (AvgIpc) is 2.40. The number of carbonyl (C=O) groups is 1. The largest absolute Gasteiger partial charge is 0.317 e. The smallest absolute Gasteiger partial charge is 0.143 e. The predicted octanol–water partition coefficient (Wildman–Crippen LogP) is 3.28. The Labute approximate surface area is 116 Å². The third-order valence-corrected chi connectivity index (χ3v) is 4.33. The molecule has 0 amide bonds. The number of benzene rings is 1. The molecule has 0 aromatic heterocycles. The predicted molar refractivity (Wildman–Crippen MR) is 79.3 cm³/mol. The van der Waals surface area contributed by atoms with Crippen molar-refractivity contribution in [2.45, 2.75) is 46.0 Å². The fourth-order valence-corrected chi connectivity index (χ4v) is 3.25. The fourth-order valence-electron chi connectivity index (χ4n) is 3.25. The van der Waals surface area contributed by atoms with Crippen molar-refractivity contribution in [1.29, 1.82) is 0 Å². The van der Waals surface area contributed by atoms with Crippen LogP contribution in [0.25, 0.3) is 0 Å². The van der Waals surface area contributed by atoms with Crippen LogP contribution in [0.5, 0.6) is 0 Å². The topological polar surface area (TPSA) is 29.1 Å². The number of aryl methyl sites for hydroxylation is 1. The van der Waals surface area contributed by atoms with Crippen molar-refractivity contribution in [3.8, 4) is 0 Å². The minimum atomic E-state index is -0.0657. The summed E-state index contributed by atoms with van der Waals surface area (Å²) in [5.74, 6) is 0.446. The van der Waals surface area contributed by atoms with Crippen LogP contribution in [0.15, 0.2) is 24.3 Å². The van der Waals surface area contributed by atoms with Crippen LogP contribution in [0.2, 0.25) is 0 Å². The Balaban J connectivity index is 2.11. The van der Waals surface area contributed by atoms with Crippen LogP contribution >= 0.6 is 0 Å². The number of ketones is 1. The van der Waals surface area contributed by atoms with Crippen molar-refractivity contribution in [2.75, 3.05) is 13.1 Å². The molecule has 0 bridgehead atoms. The minimum absolute atomic E-state index is 0.0657. The minimum Gasteiger partial charge on any atom is -0.317 e. The van der Waals surface area contributed by atoms with Gasteiger partial charge >= 0.3 is 0 Å². The Morgan fingerprint density at radius 2 is 2.05 bits per heavy atom. The van der Waals surface area contributed by atoms with Gasteiger partial charge in [0, 0.05) is 11.8 Å². The first-order valence-electron chi connectivity index (χ1n) is 7.46. The standard InChI is InChI=1S/C17H25NO/c1-3-7-17(8-10-18-11-9-17)16(19)13-15-6-4-5-14(2)12-15/h4-6,12,18H,3,7-11,13H2,1-2H3. The highest BCUT2D eigenvalue weighted by atomic mass is 16.1. The molecule has 0 radical (unpaired) electrons. The van der Waals surface area contributed by atoms with Crippen molar-refractivity contribution < 1.29 is 4.79 Å². The van der Waals surface area contributed by atoms with Gasteiger partial charge < -0.3 is 5.32 Å². The number of rotatable bonds is 5. The van der Waals surface area contributed by atoms with E-state index >= 15 is 0 Å². The summed E-state index contributed by atoms with van der Waals surface area (Å²) in [5.41, 5.74) is 2.34. The third kappa shape index (κ3) is 3.44. The molecule has 0 aliphatic carbocycles. The van der Waals surface area contributed by atoms with Crippen molar-refractivity contribution in [3.63, 3.8) is 0 Å². The van der Waals surface area contributed by atoms with E-state index in [1.807, 2.05) is 6.07 Å². The molecule has 19 heavy (non-hydrogen) atoms. The van der Waals surface area contributed by atoms with Gasteiger partial charge in [0.25, 0.3) is 0 Å². The van der Waals surface area contributed by atoms with E-state index < -0.39 is 0 Å². The molecule has 0 saturated carbocycles. The van der Waals surface area contributed by atoms with Gasteiger partial charge in [-0.2, -0.15) is 0 Å². The van der Waals surface area contributed by atoms with Crippen LogP contribution in [0.3, 0.4) is 0 Å². The first-order valence-corrected chi connectivity index (χ1v) is 7.46. The van der Waals surface area contributed by atoms with Gasteiger partial charge in [-0.05, 0) is 44.8 Å². The molecular weight excluding hydrogens is 234 g/mol. The number of carbonyl (C=O) groups excluding carboxylic acids is 1. The van der Waals surface area contributed by atoms with Gasteiger partial charge in [-0.3, -0.25) is 4.79 Å². The lowest BCUT2D eigenvalue weighted by Crippen LogP contribution is -2.42. The molecule has 2 nitrogen and oxygen atoms in total. The molecule has 1 saturated heterocycles. The lowest BCUT2D eigenvalue weighted by Gasteiger charge is -2.36. The molecule has 2 heteroatoms. The molecule has 1 N–H and O–H groups in total. The van der Waals surface area contributed by atoms with Crippen LogP contribution in [-0.4, -0.2) is 18.9 Å². The summed E-state index contributed by atoms with van der Waals surface area (Å²) in [6, 6.07) is 8.34. The Morgan fingerprint density at radius 3 is 2.68 bits per heavy atom. The average molecular weight is 259 g/mol. The number of hydrogen-bond donors (Lipinski definition) is 1. The quantitative estimate of drug-likeness (QED) is 0.879. The van der Waals surface area contributed by atoms with Gasteiger partial charge in [0.15, 0.2) is 0 Å². The Kier molecular flexibility index (Phi) is 4.76. The second-order valence-electron chi connectivity index (χ2n) is 5.87. The zero-order valence-corrected chi connectivity index (χ0v) is 12.2. The molecule has 1 aliphatic heterocycles.